The molecular weight excluding hydrogens is 424 g/mol. The molecule has 2 rings (SSSR count). The van der Waals surface area contributed by atoms with Gasteiger partial charge in [-0.25, -0.2) is 8.78 Å². The quantitative estimate of drug-likeness (QED) is 0.366. The highest BCUT2D eigenvalue weighted by molar-refractivity contribution is 7.99. The van der Waals surface area contributed by atoms with Crippen molar-refractivity contribution in [3.05, 3.63) is 58.2 Å². The standard InChI is InChI=1S/C20H10F8S/c1-3-5-13-15(19(23,24)25)7-11(21)9-17(13)29-18-10-12(22)8-16(20(26,27)28)14(18)6-4-2/h7-10H,1-2H3. The summed E-state index contributed by atoms with van der Waals surface area (Å²) in [6.07, 6.45) is -9.91. The molecule has 0 bridgehead atoms. The van der Waals surface area contributed by atoms with Crippen LogP contribution in [0.3, 0.4) is 0 Å². The zero-order valence-electron chi connectivity index (χ0n) is 14.7. The number of benzene rings is 2. The van der Waals surface area contributed by atoms with E-state index >= 15 is 0 Å². The number of hydrogen-bond donors (Lipinski definition) is 0. The molecule has 0 saturated carbocycles. The number of rotatable bonds is 2. The summed E-state index contributed by atoms with van der Waals surface area (Å²) >= 11 is 0.325. The lowest BCUT2D eigenvalue weighted by molar-refractivity contribution is -0.138. The second-order valence-corrected chi connectivity index (χ2v) is 6.58. The van der Waals surface area contributed by atoms with Gasteiger partial charge in [-0.05, 0) is 38.1 Å². The molecule has 0 amide bonds. The molecule has 2 aromatic carbocycles. The van der Waals surface area contributed by atoms with Crippen LogP contribution >= 0.6 is 11.8 Å². The molecule has 0 aliphatic carbocycles. The molecule has 0 aliphatic heterocycles. The van der Waals surface area contributed by atoms with Gasteiger partial charge in [-0.1, -0.05) is 23.6 Å². The summed E-state index contributed by atoms with van der Waals surface area (Å²) in [7, 11) is 0. The number of alkyl halides is 6. The molecule has 0 atom stereocenters. The summed E-state index contributed by atoms with van der Waals surface area (Å²) in [4.78, 5) is -0.825. The first-order valence-corrected chi connectivity index (χ1v) is 8.55. The lowest BCUT2D eigenvalue weighted by Crippen LogP contribution is -2.10. The van der Waals surface area contributed by atoms with Gasteiger partial charge in [-0.15, -0.1) is 11.8 Å². The topological polar surface area (TPSA) is 0 Å². The van der Waals surface area contributed by atoms with Crippen LogP contribution in [0, 0.1) is 35.3 Å². The van der Waals surface area contributed by atoms with E-state index in [1.165, 1.54) is 13.8 Å². The minimum Gasteiger partial charge on any atom is -0.207 e. The lowest BCUT2D eigenvalue weighted by atomic mass is 10.1. The van der Waals surface area contributed by atoms with E-state index in [2.05, 4.69) is 23.7 Å². The van der Waals surface area contributed by atoms with E-state index in [0.717, 1.165) is 0 Å². The maximum atomic E-state index is 13.8. The molecule has 0 unspecified atom stereocenters. The summed E-state index contributed by atoms with van der Waals surface area (Å²) < 4.78 is 107. The average molecular weight is 434 g/mol. The normalized spacial score (nSPS) is 11.4. The third-order valence-electron chi connectivity index (χ3n) is 3.46. The highest BCUT2D eigenvalue weighted by Gasteiger charge is 2.37. The maximum absolute atomic E-state index is 13.8. The van der Waals surface area contributed by atoms with Crippen LogP contribution in [0.2, 0.25) is 0 Å². The molecule has 0 saturated heterocycles. The van der Waals surface area contributed by atoms with Gasteiger partial charge in [0.2, 0.25) is 0 Å². The van der Waals surface area contributed by atoms with Crippen LogP contribution in [-0.2, 0) is 12.4 Å². The van der Waals surface area contributed by atoms with Gasteiger partial charge in [0, 0.05) is 9.79 Å². The van der Waals surface area contributed by atoms with Gasteiger partial charge in [0.15, 0.2) is 0 Å². The minimum atomic E-state index is -4.96. The van der Waals surface area contributed by atoms with E-state index < -0.39 is 56.0 Å². The molecule has 0 aliphatic rings. The van der Waals surface area contributed by atoms with Crippen LogP contribution in [0.15, 0.2) is 34.1 Å². The van der Waals surface area contributed by atoms with Crippen molar-refractivity contribution in [2.24, 2.45) is 0 Å². The second-order valence-electron chi connectivity index (χ2n) is 5.50. The summed E-state index contributed by atoms with van der Waals surface area (Å²) in [5, 5.41) is 0. The molecule has 0 aromatic heterocycles. The van der Waals surface area contributed by atoms with E-state index in [4.69, 9.17) is 0 Å². The highest BCUT2D eigenvalue weighted by atomic mass is 32.2. The fourth-order valence-corrected chi connectivity index (χ4v) is 3.50. The minimum absolute atomic E-state index is 0.239. The average Bonchev–Trinajstić information content (AvgIpc) is 2.57. The van der Waals surface area contributed by atoms with Crippen molar-refractivity contribution in [1.82, 2.24) is 0 Å². The summed E-state index contributed by atoms with van der Waals surface area (Å²) in [6.45, 7) is 2.49. The fourth-order valence-electron chi connectivity index (χ4n) is 2.40. The first-order valence-electron chi connectivity index (χ1n) is 7.73. The SMILES string of the molecule is CC#Cc1c(Sc2cc(F)cc(C(F)(F)F)c2C#CC)cc(F)cc1C(F)(F)F. The summed E-state index contributed by atoms with van der Waals surface area (Å²) in [5.41, 5.74) is -4.02. The molecule has 0 N–H and O–H groups in total. The molecule has 0 fully saturated rings. The third kappa shape index (κ3) is 5.24. The smallest absolute Gasteiger partial charge is 0.207 e. The van der Waals surface area contributed by atoms with Gasteiger partial charge in [0.1, 0.15) is 11.6 Å². The Morgan fingerprint density at radius 3 is 1.28 bits per heavy atom. The Kier molecular flexibility index (Phi) is 6.54. The Bertz CT molecular complexity index is 971. The Hall–Kier alpha value is -2.65. The van der Waals surface area contributed by atoms with Gasteiger partial charge in [0.05, 0.1) is 22.3 Å². The van der Waals surface area contributed by atoms with Crippen molar-refractivity contribution in [2.75, 3.05) is 0 Å². The van der Waals surface area contributed by atoms with Crippen LogP contribution in [0.4, 0.5) is 35.1 Å². The molecule has 9 heteroatoms. The number of halogens is 8. The van der Waals surface area contributed by atoms with Crippen LogP contribution in [0.25, 0.3) is 0 Å². The van der Waals surface area contributed by atoms with E-state index in [1.54, 1.807) is 0 Å². The molecular formula is C20H10F8S. The predicted octanol–water partition coefficient (Wildman–Crippen LogP) is 6.90. The van der Waals surface area contributed by atoms with Gasteiger partial charge < -0.3 is 0 Å². The number of hydrogen-bond acceptors (Lipinski definition) is 1. The third-order valence-corrected chi connectivity index (χ3v) is 4.55. The van der Waals surface area contributed by atoms with Crippen molar-refractivity contribution in [3.63, 3.8) is 0 Å². The van der Waals surface area contributed by atoms with Crippen molar-refractivity contribution in [2.45, 2.75) is 36.0 Å². The van der Waals surface area contributed by atoms with Crippen molar-refractivity contribution in [3.8, 4) is 23.7 Å². The van der Waals surface area contributed by atoms with Gasteiger partial charge in [-0.2, -0.15) is 26.3 Å². The van der Waals surface area contributed by atoms with Crippen LogP contribution in [0.1, 0.15) is 36.1 Å². The molecule has 2 aromatic rings. The zero-order chi connectivity index (χ0) is 22.0. The van der Waals surface area contributed by atoms with Crippen molar-refractivity contribution >= 4 is 11.8 Å². The van der Waals surface area contributed by atoms with E-state index in [1.807, 2.05) is 0 Å². The van der Waals surface area contributed by atoms with Crippen LogP contribution < -0.4 is 0 Å². The van der Waals surface area contributed by atoms with Crippen LogP contribution in [0.5, 0.6) is 0 Å². The highest BCUT2D eigenvalue weighted by Crippen LogP contribution is 2.43. The maximum Gasteiger partial charge on any atom is 0.417 e. The van der Waals surface area contributed by atoms with E-state index in [-0.39, 0.29) is 12.1 Å². The Labute approximate surface area is 165 Å². The van der Waals surface area contributed by atoms with Crippen LogP contribution in [-0.4, -0.2) is 0 Å². The molecule has 29 heavy (non-hydrogen) atoms. The Morgan fingerprint density at radius 2 is 1.00 bits per heavy atom. The second kappa shape index (κ2) is 8.38. The Balaban J connectivity index is 2.80. The lowest BCUT2D eigenvalue weighted by Gasteiger charge is -2.16. The predicted molar refractivity (Wildman–Crippen MR) is 92.0 cm³/mol. The van der Waals surface area contributed by atoms with E-state index in [0.29, 0.717) is 23.9 Å². The van der Waals surface area contributed by atoms with E-state index in [9.17, 15) is 35.1 Å². The largest absolute Gasteiger partial charge is 0.417 e. The van der Waals surface area contributed by atoms with Gasteiger partial charge >= 0.3 is 12.4 Å². The van der Waals surface area contributed by atoms with Gasteiger partial charge in [-0.3, -0.25) is 0 Å². The monoisotopic (exact) mass is 434 g/mol. The fraction of sp³-hybridized carbons (Fsp3) is 0.200. The molecule has 0 nitrogen and oxygen atoms in total. The first kappa shape index (κ1) is 22.6. The molecule has 0 spiro atoms. The summed E-state index contributed by atoms with van der Waals surface area (Å²) in [6, 6.07) is 1.87. The molecule has 152 valence electrons. The summed E-state index contributed by atoms with van der Waals surface area (Å²) in [5.74, 6) is 6.39. The van der Waals surface area contributed by atoms with Crippen molar-refractivity contribution < 1.29 is 35.1 Å². The Morgan fingerprint density at radius 1 is 0.655 bits per heavy atom. The zero-order valence-corrected chi connectivity index (χ0v) is 15.6. The first-order chi connectivity index (χ1) is 13.4. The molecule has 0 radical (unpaired) electrons. The molecule has 0 heterocycles. The van der Waals surface area contributed by atoms with Crippen molar-refractivity contribution in [1.29, 1.82) is 0 Å². The van der Waals surface area contributed by atoms with Gasteiger partial charge in [0.25, 0.3) is 0 Å².